The Balaban J connectivity index is 1.87. The highest BCUT2D eigenvalue weighted by molar-refractivity contribution is 7.78. The van der Waals surface area contributed by atoms with Gasteiger partial charge in [-0.15, -0.1) is 0 Å². The summed E-state index contributed by atoms with van der Waals surface area (Å²) in [5.41, 5.74) is 3.32. The molecule has 4 heteroatoms. The van der Waals surface area contributed by atoms with Crippen LogP contribution in [0, 0.1) is 6.92 Å². The van der Waals surface area contributed by atoms with Gasteiger partial charge in [0.05, 0.1) is 28.6 Å². The van der Waals surface area contributed by atoms with Crippen LogP contribution in [0.2, 0.25) is 0 Å². The van der Waals surface area contributed by atoms with Crippen LogP contribution in [0.5, 0.6) is 0 Å². The predicted molar refractivity (Wildman–Crippen MR) is 108 cm³/mol. The van der Waals surface area contributed by atoms with E-state index in [4.69, 9.17) is 4.98 Å². The zero-order chi connectivity index (χ0) is 18.0. The number of rotatable bonds is 4. The fourth-order valence-electron chi connectivity index (χ4n) is 3.15. The average molecular weight is 358 g/mol. The number of hydrogen-bond donors (Lipinski definition) is 0. The lowest BCUT2D eigenvalue weighted by molar-refractivity contribution is 0.586. The number of nitrogens with zero attached hydrogens (tertiary/aromatic N) is 2. The predicted octanol–water partition coefficient (Wildman–Crippen LogP) is 4.45. The van der Waals surface area contributed by atoms with Crippen molar-refractivity contribution >= 4 is 28.8 Å². The first-order valence-corrected chi connectivity index (χ1v) is 10.5. The van der Waals surface area contributed by atoms with Crippen molar-refractivity contribution in [3.8, 4) is 0 Å². The summed E-state index contributed by atoms with van der Waals surface area (Å²) in [6.07, 6.45) is 0.366. The molecule has 26 heavy (non-hydrogen) atoms. The third kappa shape index (κ3) is 3.07. The Labute approximate surface area is 153 Å². The summed E-state index contributed by atoms with van der Waals surface area (Å²) in [5.74, 6) is 0. The Bertz CT molecular complexity index is 1050. The maximum atomic E-state index is 14.2. The molecule has 4 rings (SSSR count). The molecule has 0 radical (unpaired) electrons. The van der Waals surface area contributed by atoms with Crippen LogP contribution in [0.25, 0.3) is 11.0 Å². The zero-order valence-corrected chi connectivity index (χ0v) is 15.4. The standard InChI is InChI=1S/C22H19N2OP/c1-17-22(24-21-15-9-8-14-20(21)23-17)16-26(25,18-10-4-2-5-11-18)19-12-6-3-7-13-19/h2-15H,16H2,1H3. The fourth-order valence-corrected chi connectivity index (χ4v) is 5.85. The quantitative estimate of drug-likeness (QED) is 0.506. The van der Waals surface area contributed by atoms with E-state index >= 15 is 0 Å². The molecule has 4 aromatic rings. The number of aryl methyl sites for hydroxylation is 1. The lowest BCUT2D eigenvalue weighted by Gasteiger charge is -2.20. The molecule has 3 aromatic carbocycles. The van der Waals surface area contributed by atoms with Crippen molar-refractivity contribution in [3.63, 3.8) is 0 Å². The smallest absolute Gasteiger partial charge is 0.149 e. The lowest BCUT2D eigenvalue weighted by atomic mass is 10.2. The summed E-state index contributed by atoms with van der Waals surface area (Å²) < 4.78 is 14.2. The SMILES string of the molecule is Cc1nc2ccccc2nc1CP(=O)(c1ccccc1)c1ccccc1. The highest BCUT2D eigenvalue weighted by Gasteiger charge is 2.29. The van der Waals surface area contributed by atoms with Gasteiger partial charge in [0.2, 0.25) is 0 Å². The summed E-state index contributed by atoms with van der Waals surface area (Å²) in [4.78, 5) is 9.44. The minimum absolute atomic E-state index is 0.366. The second-order valence-corrected chi connectivity index (χ2v) is 9.14. The van der Waals surface area contributed by atoms with Crippen molar-refractivity contribution in [1.29, 1.82) is 0 Å². The fraction of sp³-hybridized carbons (Fsp3) is 0.0909. The summed E-state index contributed by atoms with van der Waals surface area (Å²) in [6, 6.07) is 27.2. The molecule has 0 aliphatic heterocycles. The molecule has 128 valence electrons. The van der Waals surface area contributed by atoms with Gasteiger partial charge < -0.3 is 4.57 Å². The van der Waals surface area contributed by atoms with Crippen molar-refractivity contribution < 1.29 is 4.57 Å². The summed E-state index contributed by atoms with van der Waals surface area (Å²) in [6.45, 7) is 1.94. The van der Waals surface area contributed by atoms with Gasteiger partial charge in [0.1, 0.15) is 7.14 Å². The normalized spacial score (nSPS) is 11.6. The van der Waals surface area contributed by atoms with Gasteiger partial charge in [-0.1, -0.05) is 72.8 Å². The van der Waals surface area contributed by atoms with Crippen LogP contribution in [0.15, 0.2) is 84.9 Å². The first-order chi connectivity index (χ1) is 12.7. The molecule has 0 spiro atoms. The molecule has 0 amide bonds. The Morgan fingerprint density at radius 1 is 0.692 bits per heavy atom. The second-order valence-electron chi connectivity index (χ2n) is 6.31. The Kier molecular flexibility index (Phi) is 4.40. The van der Waals surface area contributed by atoms with Gasteiger partial charge in [-0.25, -0.2) is 9.97 Å². The maximum absolute atomic E-state index is 14.2. The van der Waals surface area contributed by atoms with Crippen molar-refractivity contribution in [1.82, 2.24) is 9.97 Å². The molecule has 0 N–H and O–H groups in total. The van der Waals surface area contributed by atoms with Crippen molar-refractivity contribution in [2.24, 2.45) is 0 Å². The minimum atomic E-state index is -2.85. The van der Waals surface area contributed by atoms with Crippen molar-refractivity contribution in [3.05, 3.63) is 96.3 Å². The van der Waals surface area contributed by atoms with Gasteiger partial charge in [0, 0.05) is 10.6 Å². The van der Waals surface area contributed by atoms with Crippen LogP contribution < -0.4 is 10.6 Å². The van der Waals surface area contributed by atoms with E-state index < -0.39 is 7.14 Å². The van der Waals surface area contributed by atoms with E-state index in [1.165, 1.54) is 0 Å². The molecule has 0 aliphatic carbocycles. The molecule has 0 saturated carbocycles. The number of benzene rings is 3. The maximum Gasteiger partial charge on any atom is 0.149 e. The van der Waals surface area contributed by atoms with Gasteiger partial charge in [0.25, 0.3) is 0 Å². The molecule has 3 nitrogen and oxygen atoms in total. The van der Waals surface area contributed by atoms with E-state index in [0.29, 0.717) is 6.16 Å². The Morgan fingerprint density at radius 3 is 1.69 bits per heavy atom. The molecule has 0 aliphatic rings. The molecule has 0 fully saturated rings. The van der Waals surface area contributed by atoms with E-state index in [0.717, 1.165) is 33.0 Å². The first-order valence-electron chi connectivity index (χ1n) is 8.59. The Hall–Kier alpha value is -2.77. The van der Waals surface area contributed by atoms with E-state index in [-0.39, 0.29) is 0 Å². The number of hydrogen-bond acceptors (Lipinski definition) is 3. The van der Waals surface area contributed by atoms with E-state index in [1.807, 2.05) is 91.9 Å². The summed E-state index contributed by atoms with van der Waals surface area (Å²) in [5, 5.41) is 1.70. The van der Waals surface area contributed by atoms with Crippen LogP contribution in [0.1, 0.15) is 11.4 Å². The van der Waals surface area contributed by atoms with Crippen LogP contribution >= 0.6 is 7.14 Å². The molecule has 0 bridgehead atoms. The van der Waals surface area contributed by atoms with Crippen LogP contribution in [-0.2, 0) is 10.7 Å². The van der Waals surface area contributed by atoms with Crippen molar-refractivity contribution in [2.75, 3.05) is 0 Å². The molecule has 1 heterocycles. The zero-order valence-electron chi connectivity index (χ0n) is 14.5. The summed E-state index contributed by atoms with van der Waals surface area (Å²) in [7, 11) is -2.85. The minimum Gasteiger partial charge on any atom is -0.313 e. The molecule has 0 saturated heterocycles. The molecular formula is C22H19N2OP. The lowest BCUT2D eigenvalue weighted by Crippen LogP contribution is -2.18. The van der Waals surface area contributed by atoms with Gasteiger partial charge in [-0.2, -0.15) is 0 Å². The van der Waals surface area contributed by atoms with Crippen LogP contribution in [0.4, 0.5) is 0 Å². The first kappa shape index (κ1) is 16.7. The van der Waals surface area contributed by atoms with Gasteiger partial charge >= 0.3 is 0 Å². The van der Waals surface area contributed by atoms with E-state index in [9.17, 15) is 4.57 Å². The molecule has 0 unspecified atom stereocenters. The molecule has 1 aromatic heterocycles. The topological polar surface area (TPSA) is 42.9 Å². The largest absolute Gasteiger partial charge is 0.313 e. The molecule has 0 atom stereocenters. The number of para-hydroxylation sites is 2. The monoisotopic (exact) mass is 358 g/mol. The number of fused-ring (bicyclic) bond motifs is 1. The number of aromatic nitrogens is 2. The van der Waals surface area contributed by atoms with E-state index in [2.05, 4.69) is 4.98 Å². The van der Waals surface area contributed by atoms with Crippen LogP contribution in [-0.4, -0.2) is 9.97 Å². The second kappa shape index (κ2) is 6.86. The third-order valence-electron chi connectivity index (χ3n) is 4.56. The van der Waals surface area contributed by atoms with Crippen molar-refractivity contribution in [2.45, 2.75) is 13.1 Å². The van der Waals surface area contributed by atoms with Gasteiger partial charge in [-0.05, 0) is 19.1 Å². The highest BCUT2D eigenvalue weighted by atomic mass is 31.2. The molecular weight excluding hydrogens is 339 g/mol. The highest BCUT2D eigenvalue weighted by Crippen LogP contribution is 2.47. The summed E-state index contributed by atoms with van der Waals surface area (Å²) >= 11 is 0. The van der Waals surface area contributed by atoms with E-state index in [1.54, 1.807) is 0 Å². The third-order valence-corrected chi connectivity index (χ3v) is 7.57. The van der Waals surface area contributed by atoms with Gasteiger partial charge in [0.15, 0.2) is 0 Å². The Morgan fingerprint density at radius 2 is 1.15 bits per heavy atom. The van der Waals surface area contributed by atoms with Gasteiger partial charge in [-0.3, -0.25) is 0 Å². The van der Waals surface area contributed by atoms with Crippen LogP contribution in [0.3, 0.4) is 0 Å². The average Bonchev–Trinajstić information content (AvgIpc) is 2.70.